The van der Waals surface area contributed by atoms with Crippen LogP contribution in [-0.4, -0.2) is 46.7 Å². The quantitative estimate of drug-likeness (QED) is 0.364. The Morgan fingerprint density at radius 2 is 2.00 bits per heavy atom. The van der Waals surface area contributed by atoms with Crippen LogP contribution in [0.5, 0.6) is 0 Å². The number of carbonyl (C=O) groups is 1. The van der Waals surface area contributed by atoms with Crippen LogP contribution in [-0.2, 0) is 16.9 Å². The molecular weight excluding hydrogens is 410 g/mol. The van der Waals surface area contributed by atoms with Crippen molar-refractivity contribution in [2.75, 3.05) is 19.7 Å². The SMILES string of the molecule is Cc1noc(C)c1CSc1ncccc1C(=O)N1CC(OCCCc2ccccc2)C1. The number of amides is 1. The summed E-state index contributed by atoms with van der Waals surface area (Å²) in [5.41, 5.74) is 3.90. The molecule has 0 saturated carbocycles. The van der Waals surface area contributed by atoms with Gasteiger partial charge in [-0.25, -0.2) is 4.98 Å². The predicted molar refractivity (Wildman–Crippen MR) is 120 cm³/mol. The van der Waals surface area contributed by atoms with E-state index in [0.29, 0.717) is 31.0 Å². The van der Waals surface area contributed by atoms with E-state index in [9.17, 15) is 4.79 Å². The van der Waals surface area contributed by atoms with Crippen molar-refractivity contribution < 1.29 is 14.1 Å². The highest BCUT2D eigenvalue weighted by Crippen LogP contribution is 2.28. The summed E-state index contributed by atoms with van der Waals surface area (Å²) in [5.74, 6) is 1.49. The van der Waals surface area contributed by atoms with E-state index in [4.69, 9.17) is 9.26 Å². The maximum atomic E-state index is 13.0. The minimum Gasteiger partial charge on any atom is -0.375 e. The van der Waals surface area contributed by atoms with Crippen LogP contribution >= 0.6 is 11.8 Å². The van der Waals surface area contributed by atoms with E-state index in [-0.39, 0.29) is 12.0 Å². The van der Waals surface area contributed by atoms with Gasteiger partial charge in [0.2, 0.25) is 0 Å². The van der Waals surface area contributed by atoms with Crippen LogP contribution in [0.1, 0.15) is 39.4 Å². The zero-order valence-corrected chi connectivity index (χ0v) is 18.7. The number of likely N-dealkylation sites (tertiary alicyclic amines) is 1. The van der Waals surface area contributed by atoms with Crippen LogP contribution in [0.25, 0.3) is 0 Å². The number of aryl methyl sites for hydroxylation is 3. The standard InChI is InChI=1S/C24H27N3O3S/c1-17-22(18(2)30-26-17)16-31-23-21(11-6-12-25-23)24(28)27-14-20(15-27)29-13-7-10-19-8-4-3-5-9-19/h3-6,8-9,11-12,20H,7,10,13-16H2,1-2H3. The molecular formula is C24H27N3O3S. The van der Waals surface area contributed by atoms with Crippen LogP contribution in [0.4, 0.5) is 0 Å². The molecule has 3 aromatic rings. The second-order valence-electron chi connectivity index (χ2n) is 7.74. The molecule has 4 rings (SSSR count). The lowest BCUT2D eigenvalue weighted by atomic mass is 10.1. The van der Waals surface area contributed by atoms with Gasteiger partial charge in [-0.05, 0) is 44.4 Å². The first kappa shape index (κ1) is 21.6. The van der Waals surface area contributed by atoms with Gasteiger partial charge in [-0.2, -0.15) is 0 Å². The van der Waals surface area contributed by atoms with Crippen molar-refractivity contribution in [3.05, 3.63) is 76.8 Å². The van der Waals surface area contributed by atoms with Gasteiger partial charge in [-0.15, -0.1) is 11.8 Å². The average molecular weight is 438 g/mol. The van der Waals surface area contributed by atoms with E-state index in [0.717, 1.165) is 34.9 Å². The zero-order valence-electron chi connectivity index (χ0n) is 17.9. The molecule has 2 aromatic heterocycles. The van der Waals surface area contributed by atoms with Crippen LogP contribution in [0.2, 0.25) is 0 Å². The van der Waals surface area contributed by atoms with E-state index in [2.05, 4.69) is 34.4 Å². The molecule has 0 N–H and O–H groups in total. The smallest absolute Gasteiger partial charge is 0.256 e. The Morgan fingerprint density at radius 3 is 2.74 bits per heavy atom. The molecule has 0 spiro atoms. The first-order chi connectivity index (χ1) is 15.1. The van der Waals surface area contributed by atoms with Crippen molar-refractivity contribution in [3.63, 3.8) is 0 Å². The lowest BCUT2D eigenvalue weighted by Crippen LogP contribution is -2.55. The first-order valence-corrected chi connectivity index (χ1v) is 11.5. The maximum absolute atomic E-state index is 13.0. The third-order valence-electron chi connectivity index (χ3n) is 5.48. The number of nitrogens with zero attached hydrogens (tertiary/aromatic N) is 3. The fourth-order valence-corrected chi connectivity index (χ4v) is 4.71. The Kier molecular flexibility index (Phi) is 7.04. The molecule has 0 bridgehead atoms. The summed E-state index contributed by atoms with van der Waals surface area (Å²) in [6.07, 6.45) is 3.84. The zero-order chi connectivity index (χ0) is 21.6. The Morgan fingerprint density at radius 1 is 1.19 bits per heavy atom. The summed E-state index contributed by atoms with van der Waals surface area (Å²) in [7, 11) is 0. The Labute approximate surface area is 187 Å². The van der Waals surface area contributed by atoms with Crippen LogP contribution in [0, 0.1) is 13.8 Å². The van der Waals surface area contributed by atoms with Crippen LogP contribution in [0.3, 0.4) is 0 Å². The Balaban J connectivity index is 1.25. The summed E-state index contributed by atoms with van der Waals surface area (Å²) in [5, 5.41) is 4.73. The Hall–Kier alpha value is -2.64. The molecule has 0 atom stereocenters. The summed E-state index contributed by atoms with van der Waals surface area (Å²) < 4.78 is 11.2. The molecule has 31 heavy (non-hydrogen) atoms. The number of ether oxygens (including phenoxy) is 1. The van der Waals surface area contributed by atoms with Gasteiger partial charge < -0.3 is 14.2 Å². The average Bonchev–Trinajstić information content (AvgIpc) is 3.08. The monoisotopic (exact) mass is 437 g/mol. The summed E-state index contributed by atoms with van der Waals surface area (Å²) in [4.78, 5) is 19.3. The minimum absolute atomic E-state index is 0.0125. The minimum atomic E-state index is 0.0125. The molecule has 1 amide bonds. The van der Waals surface area contributed by atoms with Crippen LogP contribution < -0.4 is 0 Å². The number of hydrogen-bond acceptors (Lipinski definition) is 6. The Bertz CT molecular complexity index is 996. The highest BCUT2D eigenvalue weighted by atomic mass is 32.2. The third kappa shape index (κ3) is 5.35. The predicted octanol–water partition coefficient (Wildman–Crippen LogP) is 4.45. The van der Waals surface area contributed by atoms with Crippen LogP contribution in [0.15, 0.2) is 58.2 Å². The number of pyridine rings is 1. The maximum Gasteiger partial charge on any atom is 0.256 e. The second-order valence-corrected chi connectivity index (χ2v) is 8.70. The highest BCUT2D eigenvalue weighted by Gasteiger charge is 2.33. The second kappa shape index (κ2) is 10.1. The molecule has 1 aliphatic rings. The van der Waals surface area contributed by atoms with Crippen molar-refractivity contribution in [1.29, 1.82) is 0 Å². The molecule has 1 aromatic carbocycles. The lowest BCUT2D eigenvalue weighted by Gasteiger charge is -2.39. The van der Waals surface area contributed by atoms with Gasteiger partial charge in [-0.1, -0.05) is 35.5 Å². The molecule has 7 heteroatoms. The van der Waals surface area contributed by atoms with Gasteiger partial charge in [0.05, 0.1) is 17.4 Å². The number of carbonyl (C=O) groups excluding carboxylic acids is 1. The molecule has 1 aliphatic heterocycles. The van der Waals surface area contributed by atoms with Crippen molar-refractivity contribution in [3.8, 4) is 0 Å². The summed E-state index contributed by atoms with van der Waals surface area (Å²) in [6.45, 7) is 5.81. The van der Waals surface area contributed by atoms with Crippen molar-refractivity contribution in [2.24, 2.45) is 0 Å². The topological polar surface area (TPSA) is 68.5 Å². The summed E-state index contributed by atoms with van der Waals surface area (Å²) >= 11 is 1.54. The number of thioether (sulfide) groups is 1. The number of hydrogen-bond donors (Lipinski definition) is 0. The van der Waals surface area contributed by atoms with E-state index in [1.54, 1.807) is 6.20 Å². The number of aromatic nitrogens is 2. The fourth-order valence-electron chi connectivity index (χ4n) is 3.57. The largest absolute Gasteiger partial charge is 0.375 e. The highest BCUT2D eigenvalue weighted by molar-refractivity contribution is 7.98. The van der Waals surface area contributed by atoms with Gasteiger partial charge in [0.25, 0.3) is 5.91 Å². The lowest BCUT2D eigenvalue weighted by molar-refractivity contribution is -0.0431. The van der Waals surface area contributed by atoms with E-state index in [1.165, 1.54) is 17.3 Å². The first-order valence-electron chi connectivity index (χ1n) is 10.6. The van der Waals surface area contributed by atoms with E-state index >= 15 is 0 Å². The van der Waals surface area contributed by atoms with Crippen molar-refractivity contribution in [2.45, 2.75) is 43.6 Å². The normalized spacial score (nSPS) is 13.9. The summed E-state index contributed by atoms with van der Waals surface area (Å²) in [6, 6.07) is 14.1. The van der Waals surface area contributed by atoms with Gasteiger partial charge in [0.15, 0.2) is 0 Å². The molecule has 0 aliphatic carbocycles. The van der Waals surface area contributed by atoms with Gasteiger partial charge >= 0.3 is 0 Å². The number of rotatable bonds is 9. The van der Waals surface area contributed by atoms with Crippen molar-refractivity contribution >= 4 is 17.7 Å². The molecule has 0 unspecified atom stereocenters. The van der Waals surface area contributed by atoms with Gasteiger partial charge in [0.1, 0.15) is 10.8 Å². The molecule has 1 saturated heterocycles. The molecule has 3 heterocycles. The molecule has 0 radical (unpaired) electrons. The number of benzene rings is 1. The molecule has 6 nitrogen and oxygen atoms in total. The third-order valence-corrected chi connectivity index (χ3v) is 6.51. The van der Waals surface area contributed by atoms with Gasteiger partial charge in [0, 0.05) is 37.2 Å². The van der Waals surface area contributed by atoms with E-state index in [1.807, 2.05) is 36.9 Å². The molecule has 1 fully saturated rings. The molecule has 162 valence electrons. The van der Waals surface area contributed by atoms with Gasteiger partial charge in [-0.3, -0.25) is 4.79 Å². The van der Waals surface area contributed by atoms with Crippen molar-refractivity contribution in [1.82, 2.24) is 15.0 Å². The fraction of sp³-hybridized carbons (Fsp3) is 0.375. The van der Waals surface area contributed by atoms with E-state index < -0.39 is 0 Å².